The van der Waals surface area contributed by atoms with Crippen molar-refractivity contribution >= 4 is 39.1 Å². The molecule has 0 aliphatic carbocycles. The Hall–Kier alpha value is -3.76. The van der Waals surface area contributed by atoms with Gasteiger partial charge in [-0.3, -0.25) is 13.9 Å². The molecule has 1 N–H and O–H groups in total. The fourth-order valence-corrected chi connectivity index (χ4v) is 5.75. The number of hydrogen-bond donors (Lipinski definition) is 1. The van der Waals surface area contributed by atoms with Crippen LogP contribution in [0.15, 0.2) is 77.7 Å². The second-order valence-electron chi connectivity index (χ2n) is 9.51. The molecule has 0 radical (unpaired) electrons. The van der Waals surface area contributed by atoms with Crippen LogP contribution >= 0.6 is 11.6 Å². The molecule has 0 unspecified atom stereocenters. The molecule has 3 aromatic carbocycles. The zero-order chi connectivity index (χ0) is 30.2. The fourth-order valence-electron chi connectivity index (χ4n) is 4.11. The molecular formula is C30H36ClN3O6S. The van der Waals surface area contributed by atoms with E-state index in [1.54, 1.807) is 61.5 Å². The molecule has 3 rings (SSSR count). The van der Waals surface area contributed by atoms with Gasteiger partial charge in [-0.1, -0.05) is 48.9 Å². The number of amides is 2. The molecule has 0 bridgehead atoms. The molecule has 11 heteroatoms. The molecule has 0 fully saturated rings. The number of para-hydroxylation sites is 1. The largest absolute Gasteiger partial charge is 0.493 e. The van der Waals surface area contributed by atoms with Crippen LogP contribution in [0, 0.1) is 0 Å². The highest BCUT2D eigenvalue weighted by atomic mass is 35.5. The zero-order valence-corrected chi connectivity index (χ0v) is 25.4. The summed E-state index contributed by atoms with van der Waals surface area (Å²) in [7, 11) is -1.40. The van der Waals surface area contributed by atoms with Crippen molar-refractivity contribution in [3.8, 4) is 11.5 Å². The predicted octanol–water partition coefficient (Wildman–Crippen LogP) is 4.88. The van der Waals surface area contributed by atoms with Gasteiger partial charge >= 0.3 is 0 Å². The van der Waals surface area contributed by atoms with Crippen LogP contribution in [-0.4, -0.2) is 58.0 Å². The number of sulfonamides is 1. The van der Waals surface area contributed by atoms with E-state index in [4.69, 9.17) is 21.1 Å². The van der Waals surface area contributed by atoms with E-state index >= 15 is 0 Å². The molecule has 9 nitrogen and oxygen atoms in total. The highest BCUT2D eigenvalue weighted by molar-refractivity contribution is 7.92. The molecule has 41 heavy (non-hydrogen) atoms. The zero-order valence-electron chi connectivity index (χ0n) is 23.8. The first kappa shape index (κ1) is 31.8. The number of carbonyl (C=O) groups is 2. The van der Waals surface area contributed by atoms with Gasteiger partial charge in [-0.15, -0.1) is 0 Å². The Bertz CT molecular complexity index is 1450. The van der Waals surface area contributed by atoms with Crippen molar-refractivity contribution in [2.24, 2.45) is 0 Å². The number of nitrogens with zero attached hydrogens (tertiary/aromatic N) is 2. The summed E-state index contributed by atoms with van der Waals surface area (Å²) in [6, 6.07) is 18.5. The first-order valence-electron chi connectivity index (χ1n) is 13.2. The average molecular weight is 602 g/mol. The molecule has 0 saturated carbocycles. The Kier molecular flexibility index (Phi) is 11.0. The Balaban J connectivity index is 2.04. The number of benzene rings is 3. The Morgan fingerprint density at radius 3 is 2.22 bits per heavy atom. The van der Waals surface area contributed by atoms with E-state index in [0.717, 1.165) is 4.31 Å². The maximum Gasteiger partial charge on any atom is 0.264 e. The van der Waals surface area contributed by atoms with E-state index in [0.29, 0.717) is 22.8 Å². The van der Waals surface area contributed by atoms with Crippen LogP contribution in [-0.2, 0) is 26.2 Å². The summed E-state index contributed by atoms with van der Waals surface area (Å²) in [4.78, 5) is 28.4. The van der Waals surface area contributed by atoms with Crippen molar-refractivity contribution in [2.75, 3.05) is 25.1 Å². The van der Waals surface area contributed by atoms with Gasteiger partial charge in [0.2, 0.25) is 11.8 Å². The summed E-state index contributed by atoms with van der Waals surface area (Å²) in [5.74, 6) is -0.318. The van der Waals surface area contributed by atoms with Crippen molar-refractivity contribution in [2.45, 2.75) is 50.7 Å². The van der Waals surface area contributed by atoms with Gasteiger partial charge in [0.1, 0.15) is 12.6 Å². The van der Waals surface area contributed by atoms with Crippen LogP contribution in [0.25, 0.3) is 0 Å². The van der Waals surface area contributed by atoms with Gasteiger partial charge < -0.3 is 19.7 Å². The standard InChI is InChI=1S/C30H36ClN3O6S/c1-6-21(2)32-30(36)22(3)33(19-23-11-10-12-24(31)17-23)29(35)20-34(25-13-8-7-9-14-25)41(37,38)26-15-16-27(39-4)28(18-26)40-5/h7-18,21-22H,6,19-20H2,1-5H3,(H,32,36)/t21-,22-/m0/s1. The fraction of sp³-hybridized carbons (Fsp3) is 0.333. The second-order valence-corrected chi connectivity index (χ2v) is 11.8. The van der Waals surface area contributed by atoms with Gasteiger partial charge in [0.25, 0.3) is 10.0 Å². The van der Waals surface area contributed by atoms with Crippen LogP contribution in [0.2, 0.25) is 5.02 Å². The van der Waals surface area contributed by atoms with Crippen molar-refractivity contribution in [3.05, 3.63) is 83.4 Å². The minimum Gasteiger partial charge on any atom is -0.493 e. The van der Waals surface area contributed by atoms with E-state index in [9.17, 15) is 18.0 Å². The van der Waals surface area contributed by atoms with Gasteiger partial charge in [-0.05, 0) is 62.2 Å². The van der Waals surface area contributed by atoms with Crippen molar-refractivity contribution in [1.29, 1.82) is 0 Å². The minimum atomic E-state index is -4.26. The summed E-state index contributed by atoms with van der Waals surface area (Å²) < 4.78 is 39.6. The summed E-state index contributed by atoms with van der Waals surface area (Å²) in [6.45, 7) is 4.94. The minimum absolute atomic E-state index is 0.0491. The smallest absolute Gasteiger partial charge is 0.264 e. The number of anilines is 1. The van der Waals surface area contributed by atoms with Crippen LogP contribution in [0.4, 0.5) is 5.69 Å². The van der Waals surface area contributed by atoms with E-state index in [-0.39, 0.29) is 34.8 Å². The highest BCUT2D eigenvalue weighted by Crippen LogP contribution is 2.32. The van der Waals surface area contributed by atoms with Crippen LogP contribution in [0.5, 0.6) is 11.5 Å². The van der Waals surface area contributed by atoms with E-state index < -0.39 is 28.5 Å². The van der Waals surface area contributed by atoms with Crippen molar-refractivity contribution < 1.29 is 27.5 Å². The first-order chi connectivity index (χ1) is 19.5. The van der Waals surface area contributed by atoms with Gasteiger partial charge in [0.05, 0.1) is 24.8 Å². The molecule has 3 aromatic rings. The second kappa shape index (κ2) is 14.2. The lowest BCUT2D eigenvalue weighted by atomic mass is 10.1. The Labute approximate surface area is 247 Å². The highest BCUT2D eigenvalue weighted by Gasteiger charge is 2.33. The lowest BCUT2D eigenvalue weighted by Gasteiger charge is -2.32. The predicted molar refractivity (Wildman–Crippen MR) is 160 cm³/mol. The number of hydrogen-bond acceptors (Lipinski definition) is 6. The molecule has 2 atom stereocenters. The van der Waals surface area contributed by atoms with E-state index in [1.165, 1.54) is 37.3 Å². The first-order valence-corrected chi connectivity index (χ1v) is 15.0. The Morgan fingerprint density at radius 1 is 0.927 bits per heavy atom. The number of halogens is 1. The van der Waals surface area contributed by atoms with Crippen molar-refractivity contribution in [1.82, 2.24) is 10.2 Å². The molecule has 2 amide bonds. The molecule has 0 spiro atoms. The maximum absolute atomic E-state index is 14.0. The lowest BCUT2D eigenvalue weighted by molar-refractivity contribution is -0.139. The third kappa shape index (κ3) is 7.92. The Morgan fingerprint density at radius 2 is 1.61 bits per heavy atom. The van der Waals surface area contributed by atoms with Crippen molar-refractivity contribution in [3.63, 3.8) is 0 Å². The number of rotatable bonds is 13. The van der Waals surface area contributed by atoms with Gasteiger partial charge in [0, 0.05) is 23.7 Å². The molecule has 0 aliphatic heterocycles. The number of ether oxygens (including phenoxy) is 2. The summed E-state index contributed by atoms with van der Waals surface area (Å²) in [6.07, 6.45) is 0.714. The quantitative estimate of drug-likeness (QED) is 0.299. The summed E-state index contributed by atoms with van der Waals surface area (Å²) >= 11 is 6.19. The van der Waals surface area contributed by atoms with E-state index in [1.807, 2.05) is 13.8 Å². The molecule has 0 heterocycles. The SMILES string of the molecule is CC[C@H](C)NC(=O)[C@H](C)N(Cc1cccc(Cl)c1)C(=O)CN(c1ccccc1)S(=O)(=O)c1ccc(OC)c(OC)c1. The number of nitrogens with one attached hydrogen (secondary N) is 1. The normalized spacial score (nSPS) is 12.6. The third-order valence-corrected chi connectivity index (χ3v) is 8.68. The van der Waals surface area contributed by atoms with Gasteiger partial charge in [-0.2, -0.15) is 0 Å². The van der Waals surface area contributed by atoms with Crippen LogP contribution < -0.4 is 19.1 Å². The van der Waals surface area contributed by atoms with Crippen LogP contribution in [0.3, 0.4) is 0 Å². The van der Waals surface area contributed by atoms with Gasteiger partial charge in [0.15, 0.2) is 11.5 Å². The molecule has 220 valence electrons. The van der Waals surface area contributed by atoms with E-state index in [2.05, 4.69) is 5.32 Å². The average Bonchev–Trinajstić information content (AvgIpc) is 2.97. The van der Waals surface area contributed by atoms with Gasteiger partial charge in [-0.25, -0.2) is 8.42 Å². The number of methoxy groups -OCH3 is 2. The summed E-state index contributed by atoms with van der Waals surface area (Å²) in [5, 5.41) is 3.39. The topological polar surface area (TPSA) is 105 Å². The molecule has 0 saturated heterocycles. The molecule has 0 aliphatic rings. The third-order valence-electron chi connectivity index (χ3n) is 6.68. The molecule has 0 aromatic heterocycles. The monoisotopic (exact) mass is 601 g/mol. The molecular weight excluding hydrogens is 566 g/mol. The number of carbonyl (C=O) groups excluding carboxylic acids is 2. The lowest BCUT2D eigenvalue weighted by Crippen LogP contribution is -2.52. The summed E-state index contributed by atoms with van der Waals surface area (Å²) in [5.41, 5.74) is 0.984. The van der Waals surface area contributed by atoms with Crippen LogP contribution in [0.1, 0.15) is 32.8 Å². The maximum atomic E-state index is 14.0.